The van der Waals surface area contributed by atoms with Crippen molar-refractivity contribution in [2.45, 2.75) is 6.92 Å². The Morgan fingerprint density at radius 2 is 1.81 bits per heavy atom. The number of benzene rings is 2. The number of nitrogens with one attached hydrogen (secondary N) is 2. The number of aromatic nitrogens is 2. The molecule has 2 N–H and O–H groups in total. The molecule has 1 heterocycles. The van der Waals surface area contributed by atoms with Crippen LogP contribution in [0, 0.1) is 29.6 Å². The quantitative estimate of drug-likeness (QED) is 0.741. The van der Waals surface area contributed by atoms with Crippen LogP contribution in [0.25, 0.3) is 0 Å². The van der Waals surface area contributed by atoms with Crippen LogP contribution in [0.15, 0.2) is 54.6 Å². The minimum atomic E-state index is -0.424. The summed E-state index contributed by atoms with van der Waals surface area (Å²) in [6, 6.07) is 19.2. The Morgan fingerprint density at radius 3 is 2.59 bits per heavy atom. The van der Waals surface area contributed by atoms with Crippen LogP contribution in [0.3, 0.4) is 0 Å². The summed E-state index contributed by atoms with van der Waals surface area (Å²) in [7, 11) is 0. The Labute approximate surface area is 155 Å². The van der Waals surface area contributed by atoms with Crippen molar-refractivity contribution < 1.29 is 4.79 Å². The molecule has 2 aromatic carbocycles. The van der Waals surface area contributed by atoms with Gasteiger partial charge < -0.3 is 10.6 Å². The third kappa shape index (κ3) is 4.25. The first-order valence-corrected chi connectivity index (χ1v) is 8.02. The standard InChI is InChI=1S/C20H14N6O/c1-13-23-18(20(27)25-16-7-4-5-14(9-16)11-21)10-19(24-13)26-17-8-3-2-6-15(17)12-22/h2-10H,1H3,(H,25,27)(H,23,24,26). The molecular formula is C20H14N6O. The number of aryl methyl sites for hydroxylation is 1. The van der Waals surface area contributed by atoms with Crippen molar-refractivity contribution in [1.29, 1.82) is 10.5 Å². The van der Waals surface area contributed by atoms with Crippen LogP contribution < -0.4 is 10.6 Å². The molecule has 7 nitrogen and oxygen atoms in total. The van der Waals surface area contributed by atoms with Gasteiger partial charge in [0.1, 0.15) is 23.4 Å². The van der Waals surface area contributed by atoms with E-state index in [1.165, 1.54) is 6.07 Å². The second-order valence-electron chi connectivity index (χ2n) is 5.61. The molecule has 130 valence electrons. The zero-order valence-electron chi connectivity index (χ0n) is 14.4. The molecule has 0 saturated carbocycles. The van der Waals surface area contributed by atoms with E-state index < -0.39 is 5.91 Å². The number of hydrogen-bond donors (Lipinski definition) is 2. The summed E-state index contributed by atoms with van der Waals surface area (Å²) < 4.78 is 0. The predicted octanol–water partition coefficient (Wildman–Crippen LogP) is 3.52. The summed E-state index contributed by atoms with van der Waals surface area (Å²) in [5.41, 5.74) is 2.17. The van der Waals surface area contributed by atoms with E-state index in [0.717, 1.165) is 0 Å². The van der Waals surface area contributed by atoms with Crippen molar-refractivity contribution in [3.63, 3.8) is 0 Å². The number of rotatable bonds is 4. The largest absolute Gasteiger partial charge is 0.339 e. The molecule has 3 aromatic rings. The van der Waals surface area contributed by atoms with Gasteiger partial charge in [-0.3, -0.25) is 4.79 Å². The fourth-order valence-electron chi connectivity index (χ4n) is 2.44. The lowest BCUT2D eigenvalue weighted by Crippen LogP contribution is -2.15. The number of carbonyl (C=O) groups excluding carboxylic acids is 1. The summed E-state index contributed by atoms with van der Waals surface area (Å²) in [6.07, 6.45) is 0. The van der Waals surface area contributed by atoms with E-state index in [1.807, 2.05) is 6.07 Å². The molecular weight excluding hydrogens is 340 g/mol. The van der Waals surface area contributed by atoms with E-state index in [4.69, 9.17) is 5.26 Å². The highest BCUT2D eigenvalue weighted by Gasteiger charge is 2.12. The summed E-state index contributed by atoms with van der Waals surface area (Å²) in [6.45, 7) is 1.68. The van der Waals surface area contributed by atoms with E-state index in [2.05, 4.69) is 26.7 Å². The second-order valence-corrected chi connectivity index (χ2v) is 5.61. The first kappa shape index (κ1) is 17.6. The monoisotopic (exact) mass is 354 g/mol. The lowest BCUT2D eigenvalue weighted by atomic mass is 10.2. The van der Waals surface area contributed by atoms with Gasteiger partial charge in [-0.1, -0.05) is 18.2 Å². The van der Waals surface area contributed by atoms with Gasteiger partial charge in [0, 0.05) is 11.8 Å². The fourth-order valence-corrected chi connectivity index (χ4v) is 2.44. The molecule has 0 aliphatic carbocycles. The molecule has 0 radical (unpaired) electrons. The van der Waals surface area contributed by atoms with Gasteiger partial charge in [-0.25, -0.2) is 9.97 Å². The smallest absolute Gasteiger partial charge is 0.274 e. The molecule has 0 saturated heterocycles. The molecule has 0 spiro atoms. The van der Waals surface area contributed by atoms with Crippen molar-refractivity contribution in [3.8, 4) is 12.1 Å². The zero-order chi connectivity index (χ0) is 19.2. The number of nitrogens with zero attached hydrogens (tertiary/aromatic N) is 4. The lowest BCUT2D eigenvalue weighted by Gasteiger charge is -2.10. The van der Waals surface area contributed by atoms with Crippen LogP contribution in [0.4, 0.5) is 17.2 Å². The minimum Gasteiger partial charge on any atom is -0.339 e. The average molecular weight is 354 g/mol. The maximum absolute atomic E-state index is 12.5. The molecule has 1 amide bonds. The third-order valence-corrected chi connectivity index (χ3v) is 3.63. The van der Waals surface area contributed by atoms with Crippen molar-refractivity contribution >= 4 is 23.1 Å². The van der Waals surface area contributed by atoms with Crippen molar-refractivity contribution in [2.24, 2.45) is 0 Å². The predicted molar refractivity (Wildman–Crippen MR) is 100 cm³/mol. The van der Waals surface area contributed by atoms with E-state index in [-0.39, 0.29) is 5.69 Å². The summed E-state index contributed by atoms with van der Waals surface area (Å²) >= 11 is 0. The van der Waals surface area contributed by atoms with E-state index in [9.17, 15) is 10.1 Å². The number of carbonyl (C=O) groups is 1. The van der Waals surface area contributed by atoms with Crippen molar-refractivity contribution in [1.82, 2.24) is 9.97 Å². The molecule has 3 rings (SSSR count). The molecule has 0 aliphatic heterocycles. The Hall–Kier alpha value is -4.23. The van der Waals surface area contributed by atoms with Gasteiger partial charge in [0.2, 0.25) is 0 Å². The van der Waals surface area contributed by atoms with Crippen LogP contribution in [-0.2, 0) is 0 Å². The molecule has 0 aliphatic rings. The van der Waals surface area contributed by atoms with E-state index >= 15 is 0 Å². The normalized spacial score (nSPS) is 9.74. The van der Waals surface area contributed by atoms with Crippen LogP contribution in [0.2, 0.25) is 0 Å². The highest BCUT2D eigenvalue weighted by atomic mass is 16.1. The summed E-state index contributed by atoms with van der Waals surface area (Å²) in [4.78, 5) is 21.0. The Morgan fingerprint density at radius 1 is 1.00 bits per heavy atom. The van der Waals surface area contributed by atoms with Gasteiger partial charge in [0.25, 0.3) is 5.91 Å². The molecule has 0 fully saturated rings. The lowest BCUT2D eigenvalue weighted by molar-refractivity contribution is 0.102. The number of amides is 1. The van der Waals surface area contributed by atoms with Gasteiger partial charge in [-0.2, -0.15) is 10.5 Å². The molecule has 0 bridgehead atoms. The van der Waals surface area contributed by atoms with Gasteiger partial charge in [-0.15, -0.1) is 0 Å². The van der Waals surface area contributed by atoms with Gasteiger partial charge in [0.05, 0.1) is 22.9 Å². The van der Waals surface area contributed by atoms with Crippen LogP contribution in [0.5, 0.6) is 0 Å². The molecule has 7 heteroatoms. The fraction of sp³-hybridized carbons (Fsp3) is 0.0500. The van der Waals surface area contributed by atoms with Crippen molar-refractivity contribution in [2.75, 3.05) is 10.6 Å². The van der Waals surface area contributed by atoms with E-state index in [0.29, 0.717) is 34.1 Å². The molecule has 27 heavy (non-hydrogen) atoms. The van der Waals surface area contributed by atoms with Crippen molar-refractivity contribution in [3.05, 3.63) is 77.2 Å². The highest BCUT2D eigenvalue weighted by Crippen LogP contribution is 2.20. The minimum absolute atomic E-state index is 0.168. The molecule has 1 aromatic heterocycles. The Kier molecular flexibility index (Phi) is 5.06. The first-order valence-electron chi connectivity index (χ1n) is 8.02. The zero-order valence-corrected chi connectivity index (χ0v) is 14.4. The maximum atomic E-state index is 12.5. The number of anilines is 3. The average Bonchev–Trinajstić information content (AvgIpc) is 2.68. The molecule has 0 unspecified atom stereocenters. The Balaban J connectivity index is 1.85. The highest BCUT2D eigenvalue weighted by molar-refractivity contribution is 6.03. The van der Waals surface area contributed by atoms with Crippen LogP contribution in [0.1, 0.15) is 27.4 Å². The topological polar surface area (TPSA) is 114 Å². The van der Waals surface area contributed by atoms with Crippen LogP contribution in [-0.4, -0.2) is 15.9 Å². The number of nitriles is 2. The SMILES string of the molecule is Cc1nc(Nc2ccccc2C#N)cc(C(=O)Nc2cccc(C#N)c2)n1. The van der Waals surface area contributed by atoms with Gasteiger partial charge in [0.15, 0.2) is 0 Å². The summed E-state index contributed by atoms with van der Waals surface area (Å²) in [5.74, 6) is 0.388. The van der Waals surface area contributed by atoms with E-state index in [1.54, 1.807) is 55.5 Å². The van der Waals surface area contributed by atoms with Gasteiger partial charge >= 0.3 is 0 Å². The van der Waals surface area contributed by atoms with Gasteiger partial charge in [-0.05, 0) is 37.3 Å². The molecule has 0 atom stereocenters. The maximum Gasteiger partial charge on any atom is 0.274 e. The third-order valence-electron chi connectivity index (χ3n) is 3.63. The number of hydrogen-bond acceptors (Lipinski definition) is 6. The Bertz CT molecular complexity index is 1090. The first-order chi connectivity index (χ1) is 13.1. The van der Waals surface area contributed by atoms with Crippen LogP contribution >= 0.6 is 0 Å². The second kappa shape index (κ2) is 7.77. The number of para-hydroxylation sites is 1. The summed E-state index contributed by atoms with van der Waals surface area (Å²) in [5, 5.41) is 23.9.